The number of nitrogens with zero attached hydrogens (tertiary/aromatic N) is 1. The number of rotatable bonds is 6. The van der Waals surface area contributed by atoms with Crippen LogP contribution in [0.2, 0.25) is 0 Å². The van der Waals surface area contributed by atoms with Crippen molar-refractivity contribution in [2.75, 3.05) is 26.3 Å². The number of carbonyl (C=O) groups is 1. The van der Waals surface area contributed by atoms with E-state index in [2.05, 4.69) is 6.58 Å². The van der Waals surface area contributed by atoms with Gasteiger partial charge in [0.15, 0.2) is 6.61 Å². The number of allylic oxidation sites excluding steroid dienone is 1. The molecule has 1 atom stereocenters. The highest BCUT2D eigenvalue weighted by Crippen LogP contribution is 2.33. The van der Waals surface area contributed by atoms with Crippen LogP contribution < -0.4 is 4.74 Å². The quantitative estimate of drug-likeness (QED) is 0.822. The van der Waals surface area contributed by atoms with Gasteiger partial charge in [0.25, 0.3) is 5.91 Å². The number of ether oxygens (including phenoxy) is 1. The van der Waals surface area contributed by atoms with Crippen molar-refractivity contribution in [3.05, 3.63) is 42.5 Å². The predicted octanol–water partition coefficient (Wildman–Crippen LogP) is 2.55. The van der Waals surface area contributed by atoms with Crippen molar-refractivity contribution >= 4 is 5.91 Å². The van der Waals surface area contributed by atoms with Gasteiger partial charge in [-0.25, -0.2) is 0 Å². The zero-order chi connectivity index (χ0) is 16.0. The third-order valence-corrected chi connectivity index (χ3v) is 4.31. The lowest BCUT2D eigenvalue weighted by molar-refractivity contribution is -0.137. The molecule has 120 valence electrons. The van der Waals surface area contributed by atoms with Crippen molar-refractivity contribution in [1.82, 2.24) is 4.90 Å². The van der Waals surface area contributed by atoms with E-state index in [1.54, 1.807) is 4.90 Å². The van der Waals surface area contributed by atoms with Gasteiger partial charge in [-0.3, -0.25) is 4.79 Å². The average Bonchev–Trinajstić information content (AvgIpc) is 2.54. The van der Waals surface area contributed by atoms with E-state index < -0.39 is 0 Å². The summed E-state index contributed by atoms with van der Waals surface area (Å²) in [5.74, 6) is 0.678. The molecule has 0 aliphatic carbocycles. The zero-order valence-corrected chi connectivity index (χ0v) is 13.3. The van der Waals surface area contributed by atoms with Crippen molar-refractivity contribution < 1.29 is 14.6 Å². The summed E-state index contributed by atoms with van der Waals surface area (Å²) in [6, 6.07) is 7.66. The largest absolute Gasteiger partial charge is 0.484 e. The minimum Gasteiger partial charge on any atom is -0.484 e. The summed E-state index contributed by atoms with van der Waals surface area (Å²) in [5, 5.41) is 9.69. The fourth-order valence-electron chi connectivity index (χ4n) is 2.96. The maximum absolute atomic E-state index is 12.3. The monoisotopic (exact) mass is 303 g/mol. The minimum atomic E-state index is -0.237. The van der Waals surface area contributed by atoms with Crippen LogP contribution in [-0.4, -0.2) is 42.2 Å². The SMILES string of the molecule is C=CCC1(CO)CCCN(C(=O)COc2ccc(C)cc2)C1. The van der Waals surface area contributed by atoms with E-state index in [0.717, 1.165) is 31.4 Å². The van der Waals surface area contributed by atoms with Crippen molar-refractivity contribution in [2.45, 2.75) is 26.2 Å². The lowest BCUT2D eigenvalue weighted by Crippen LogP contribution is -2.49. The first-order chi connectivity index (χ1) is 10.6. The third-order valence-electron chi connectivity index (χ3n) is 4.31. The highest BCUT2D eigenvalue weighted by molar-refractivity contribution is 5.78. The molecule has 0 aromatic heterocycles. The second-order valence-electron chi connectivity index (χ2n) is 6.17. The minimum absolute atomic E-state index is 0.0258. The molecule has 2 rings (SSSR count). The molecule has 1 fully saturated rings. The lowest BCUT2D eigenvalue weighted by Gasteiger charge is -2.41. The Morgan fingerprint density at radius 1 is 1.45 bits per heavy atom. The van der Waals surface area contributed by atoms with E-state index in [0.29, 0.717) is 12.3 Å². The molecule has 1 aliphatic heterocycles. The summed E-state index contributed by atoms with van der Waals surface area (Å²) in [5.41, 5.74) is 0.923. The molecule has 1 aliphatic rings. The molecule has 1 N–H and O–H groups in total. The van der Waals surface area contributed by atoms with Gasteiger partial charge in [-0.2, -0.15) is 0 Å². The Labute approximate surface area is 132 Å². The average molecular weight is 303 g/mol. The first-order valence-electron chi connectivity index (χ1n) is 7.77. The Bertz CT molecular complexity index is 512. The predicted molar refractivity (Wildman–Crippen MR) is 86.8 cm³/mol. The first-order valence-corrected chi connectivity index (χ1v) is 7.77. The van der Waals surface area contributed by atoms with Gasteiger partial charge in [-0.05, 0) is 38.3 Å². The molecule has 1 saturated heterocycles. The van der Waals surface area contributed by atoms with Crippen LogP contribution in [0.4, 0.5) is 0 Å². The molecule has 1 aromatic carbocycles. The Morgan fingerprint density at radius 2 is 2.18 bits per heavy atom. The molecule has 1 aromatic rings. The van der Waals surface area contributed by atoms with E-state index >= 15 is 0 Å². The van der Waals surface area contributed by atoms with Gasteiger partial charge in [-0.15, -0.1) is 6.58 Å². The zero-order valence-electron chi connectivity index (χ0n) is 13.3. The van der Waals surface area contributed by atoms with Gasteiger partial charge in [0.05, 0.1) is 6.61 Å². The number of hydrogen-bond acceptors (Lipinski definition) is 3. The summed E-state index contributed by atoms with van der Waals surface area (Å²) in [6.45, 7) is 7.20. The molecule has 1 heterocycles. The second kappa shape index (κ2) is 7.45. The number of likely N-dealkylation sites (tertiary alicyclic amines) is 1. The number of piperidine rings is 1. The molecule has 1 unspecified atom stereocenters. The van der Waals surface area contributed by atoms with Crippen LogP contribution >= 0.6 is 0 Å². The summed E-state index contributed by atoms with van der Waals surface area (Å²) in [7, 11) is 0. The fraction of sp³-hybridized carbons (Fsp3) is 0.500. The van der Waals surface area contributed by atoms with Crippen LogP contribution in [0.1, 0.15) is 24.8 Å². The number of benzene rings is 1. The third kappa shape index (κ3) is 4.10. The first kappa shape index (κ1) is 16.6. The second-order valence-corrected chi connectivity index (χ2v) is 6.17. The van der Waals surface area contributed by atoms with Gasteiger partial charge >= 0.3 is 0 Å². The van der Waals surface area contributed by atoms with Crippen LogP contribution in [0.15, 0.2) is 36.9 Å². The number of amides is 1. The van der Waals surface area contributed by atoms with E-state index in [9.17, 15) is 9.90 Å². The Balaban J connectivity index is 1.91. The lowest BCUT2D eigenvalue weighted by atomic mass is 9.78. The van der Waals surface area contributed by atoms with Crippen LogP contribution in [0.5, 0.6) is 5.75 Å². The summed E-state index contributed by atoms with van der Waals surface area (Å²) in [4.78, 5) is 14.1. The molecular weight excluding hydrogens is 278 g/mol. The molecule has 22 heavy (non-hydrogen) atoms. The molecule has 0 saturated carbocycles. The fourth-order valence-corrected chi connectivity index (χ4v) is 2.96. The van der Waals surface area contributed by atoms with Gasteiger partial charge in [0.2, 0.25) is 0 Å². The van der Waals surface area contributed by atoms with Crippen LogP contribution in [0.25, 0.3) is 0 Å². The van der Waals surface area contributed by atoms with Crippen molar-refractivity contribution in [3.63, 3.8) is 0 Å². The van der Waals surface area contributed by atoms with Crippen LogP contribution in [0.3, 0.4) is 0 Å². The molecule has 0 radical (unpaired) electrons. The Hall–Kier alpha value is -1.81. The van der Waals surface area contributed by atoms with E-state index in [4.69, 9.17) is 4.74 Å². The van der Waals surface area contributed by atoms with Crippen LogP contribution in [0, 0.1) is 12.3 Å². The molecule has 0 bridgehead atoms. The standard InChI is InChI=1S/C18H25NO3/c1-3-9-18(14-20)10-4-11-19(13-18)17(21)12-22-16-7-5-15(2)6-8-16/h3,5-8,20H,1,4,9-14H2,2H3. The summed E-state index contributed by atoms with van der Waals surface area (Å²) < 4.78 is 5.56. The van der Waals surface area contributed by atoms with Gasteiger partial charge in [-0.1, -0.05) is 23.8 Å². The van der Waals surface area contributed by atoms with Crippen molar-refractivity contribution in [2.24, 2.45) is 5.41 Å². The molecule has 4 nitrogen and oxygen atoms in total. The topological polar surface area (TPSA) is 49.8 Å². The maximum atomic E-state index is 12.3. The molecule has 1 amide bonds. The normalized spacial score (nSPS) is 21.5. The Kier molecular flexibility index (Phi) is 5.61. The number of aliphatic hydroxyl groups excluding tert-OH is 1. The van der Waals surface area contributed by atoms with Gasteiger partial charge in [0, 0.05) is 18.5 Å². The number of carbonyl (C=O) groups excluding carboxylic acids is 1. The number of hydrogen-bond donors (Lipinski definition) is 1. The smallest absolute Gasteiger partial charge is 0.260 e. The van der Waals surface area contributed by atoms with Gasteiger partial charge in [0.1, 0.15) is 5.75 Å². The van der Waals surface area contributed by atoms with Crippen LogP contribution in [-0.2, 0) is 4.79 Å². The van der Waals surface area contributed by atoms with E-state index in [1.807, 2.05) is 37.3 Å². The summed E-state index contributed by atoms with van der Waals surface area (Å²) in [6.07, 6.45) is 4.39. The summed E-state index contributed by atoms with van der Waals surface area (Å²) >= 11 is 0. The highest BCUT2D eigenvalue weighted by Gasteiger charge is 2.35. The van der Waals surface area contributed by atoms with E-state index in [1.165, 1.54) is 0 Å². The van der Waals surface area contributed by atoms with Gasteiger partial charge < -0.3 is 14.7 Å². The number of aryl methyl sites for hydroxylation is 1. The molecule has 4 heteroatoms. The number of aliphatic hydroxyl groups is 1. The van der Waals surface area contributed by atoms with Crippen molar-refractivity contribution in [1.29, 1.82) is 0 Å². The van der Waals surface area contributed by atoms with E-state index in [-0.39, 0.29) is 24.5 Å². The molecule has 0 spiro atoms. The molecular formula is C18H25NO3. The Morgan fingerprint density at radius 3 is 2.82 bits per heavy atom. The van der Waals surface area contributed by atoms with Crippen molar-refractivity contribution in [3.8, 4) is 5.75 Å². The highest BCUT2D eigenvalue weighted by atomic mass is 16.5. The maximum Gasteiger partial charge on any atom is 0.260 e.